The molecular weight excluding hydrogens is 442 g/mol. The number of hydrogen-bond acceptors (Lipinski definition) is 7. The van der Waals surface area contributed by atoms with Gasteiger partial charge in [-0.3, -0.25) is 14.2 Å². The molecule has 1 N–H and O–H groups in total. The van der Waals surface area contributed by atoms with Gasteiger partial charge in [0, 0.05) is 48.5 Å². The van der Waals surface area contributed by atoms with Crippen LogP contribution in [0.2, 0.25) is 0 Å². The van der Waals surface area contributed by atoms with Crippen molar-refractivity contribution in [2.45, 2.75) is 38.1 Å². The van der Waals surface area contributed by atoms with Crippen LogP contribution in [0.25, 0.3) is 11.0 Å². The third kappa shape index (κ3) is 4.49. The van der Waals surface area contributed by atoms with E-state index < -0.39 is 0 Å². The van der Waals surface area contributed by atoms with E-state index in [0.29, 0.717) is 34.8 Å². The second-order valence-corrected chi connectivity index (χ2v) is 9.60. The zero-order chi connectivity index (χ0) is 24.5. The van der Waals surface area contributed by atoms with E-state index >= 15 is 0 Å². The number of pyridine rings is 1. The van der Waals surface area contributed by atoms with Crippen molar-refractivity contribution in [3.05, 3.63) is 57.5 Å². The number of hydrogen-bond donors (Lipinski definition) is 1. The molecule has 1 saturated carbocycles. The molecular formula is C26H29N7O2. The number of aromatic nitrogens is 3. The van der Waals surface area contributed by atoms with E-state index in [2.05, 4.69) is 20.2 Å². The molecule has 1 aromatic carbocycles. The van der Waals surface area contributed by atoms with Crippen LogP contribution in [0.4, 0.5) is 11.6 Å². The highest BCUT2D eigenvalue weighted by Gasteiger charge is 2.25. The number of rotatable bonds is 6. The SMILES string of the molecule is CN(C)CCN1CCc2ccc(Nc3ncc4cc(C#N)c(=O)n(C5CCCC5)c4n3)cc2C1=O. The van der Waals surface area contributed by atoms with Gasteiger partial charge in [-0.2, -0.15) is 10.2 Å². The standard InChI is InChI=1S/C26H29N7O2/c1-31(2)11-12-32-10-9-17-7-8-20(14-22(17)25(32)35)29-26-28-16-19-13-18(15-27)24(34)33(23(19)30-26)21-5-3-4-6-21/h7-8,13-14,16,21H,3-6,9-12H2,1-2H3,(H,28,29,30). The third-order valence-electron chi connectivity index (χ3n) is 6.94. The molecule has 0 unspecified atom stereocenters. The first kappa shape index (κ1) is 23.0. The third-order valence-corrected chi connectivity index (χ3v) is 6.94. The van der Waals surface area contributed by atoms with Crippen LogP contribution in [0, 0.1) is 11.3 Å². The highest BCUT2D eigenvalue weighted by atomic mass is 16.2. The van der Waals surface area contributed by atoms with Crippen molar-refractivity contribution < 1.29 is 4.79 Å². The highest BCUT2D eigenvalue weighted by molar-refractivity contribution is 5.97. The summed E-state index contributed by atoms with van der Waals surface area (Å²) in [5.74, 6) is 0.385. The zero-order valence-corrected chi connectivity index (χ0v) is 20.1. The molecule has 0 bridgehead atoms. The highest BCUT2D eigenvalue weighted by Crippen LogP contribution is 2.31. The van der Waals surface area contributed by atoms with Crippen molar-refractivity contribution in [1.29, 1.82) is 5.26 Å². The van der Waals surface area contributed by atoms with Gasteiger partial charge in [-0.05, 0) is 57.1 Å². The molecule has 1 fully saturated rings. The lowest BCUT2D eigenvalue weighted by molar-refractivity contribution is 0.0729. The van der Waals surface area contributed by atoms with Gasteiger partial charge in [0.2, 0.25) is 5.95 Å². The molecule has 3 aromatic rings. The Labute approximate surface area is 204 Å². The first-order valence-corrected chi connectivity index (χ1v) is 12.1. The number of likely N-dealkylation sites (N-methyl/N-ethyl adjacent to an activating group) is 1. The quantitative estimate of drug-likeness (QED) is 0.589. The lowest BCUT2D eigenvalue weighted by Gasteiger charge is -2.29. The largest absolute Gasteiger partial charge is 0.337 e. The fraction of sp³-hybridized carbons (Fsp3) is 0.423. The van der Waals surface area contributed by atoms with Crippen LogP contribution in [0.3, 0.4) is 0 Å². The Hall–Kier alpha value is -3.77. The van der Waals surface area contributed by atoms with E-state index in [4.69, 9.17) is 0 Å². The van der Waals surface area contributed by atoms with Crippen molar-refractivity contribution in [2.75, 3.05) is 39.0 Å². The number of nitrogens with one attached hydrogen (secondary N) is 1. The second kappa shape index (κ2) is 9.47. The van der Waals surface area contributed by atoms with Crippen LogP contribution in [0.15, 0.2) is 35.3 Å². The Morgan fingerprint density at radius 1 is 1.20 bits per heavy atom. The van der Waals surface area contributed by atoms with Crippen LogP contribution < -0.4 is 10.9 Å². The number of benzene rings is 1. The average molecular weight is 472 g/mol. The maximum atomic E-state index is 13.1. The normalized spacial score (nSPS) is 16.1. The Kier molecular flexibility index (Phi) is 6.22. The van der Waals surface area contributed by atoms with E-state index in [9.17, 15) is 14.9 Å². The fourth-order valence-corrected chi connectivity index (χ4v) is 5.02. The summed E-state index contributed by atoms with van der Waals surface area (Å²) in [6.45, 7) is 2.24. The molecule has 5 rings (SSSR count). The molecule has 2 aliphatic rings. The Balaban J connectivity index is 1.47. The summed E-state index contributed by atoms with van der Waals surface area (Å²) in [5, 5.41) is 13.3. The van der Waals surface area contributed by atoms with Gasteiger partial charge in [0.25, 0.3) is 11.5 Å². The summed E-state index contributed by atoms with van der Waals surface area (Å²) in [6, 6.07) is 9.38. The van der Waals surface area contributed by atoms with Crippen molar-refractivity contribution >= 4 is 28.6 Å². The molecule has 1 aliphatic heterocycles. The van der Waals surface area contributed by atoms with Crippen molar-refractivity contribution in [3.8, 4) is 6.07 Å². The lowest BCUT2D eigenvalue weighted by atomic mass is 9.98. The minimum absolute atomic E-state index is 0.0373. The molecule has 9 nitrogen and oxygen atoms in total. The topological polar surface area (TPSA) is 107 Å². The van der Waals surface area contributed by atoms with Crippen LogP contribution in [-0.2, 0) is 6.42 Å². The molecule has 180 valence electrons. The van der Waals surface area contributed by atoms with Crippen molar-refractivity contribution in [2.24, 2.45) is 0 Å². The summed E-state index contributed by atoms with van der Waals surface area (Å²) in [6.07, 6.45) is 6.38. The number of carbonyl (C=O) groups is 1. The molecule has 1 amide bonds. The number of nitrogens with zero attached hydrogens (tertiary/aromatic N) is 6. The smallest absolute Gasteiger partial charge is 0.270 e. The first-order valence-electron chi connectivity index (χ1n) is 12.1. The van der Waals surface area contributed by atoms with Crippen LogP contribution >= 0.6 is 0 Å². The molecule has 0 spiro atoms. The molecule has 0 saturated heterocycles. The van der Waals surface area contributed by atoms with Gasteiger partial charge in [-0.1, -0.05) is 18.9 Å². The van der Waals surface area contributed by atoms with Crippen LogP contribution in [0.1, 0.15) is 53.2 Å². The Morgan fingerprint density at radius 3 is 2.74 bits per heavy atom. The maximum absolute atomic E-state index is 13.1. The van der Waals surface area contributed by atoms with Crippen LogP contribution in [-0.4, -0.2) is 64.0 Å². The van der Waals surface area contributed by atoms with Gasteiger partial charge < -0.3 is 15.1 Å². The van der Waals surface area contributed by atoms with Crippen molar-refractivity contribution in [3.63, 3.8) is 0 Å². The number of fused-ring (bicyclic) bond motifs is 2. The fourth-order valence-electron chi connectivity index (χ4n) is 5.02. The summed E-state index contributed by atoms with van der Waals surface area (Å²) < 4.78 is 1.67. The zero-order valence-electron chi connectivity index (χ0n) is 20.1. The van der Waals surface area contributed by atoms with Gasteiger partial charge in [0.1, 0.15) is 17.3 Å². The molecule has 35 heavy (non-hydrogen) atoms. The van der Waals surface area contributed by atoms with E-state index in [1.807, 2.05) is 43.3 Å². The minimum atomic E-state index is -0.297. The molecule has 0 atom stereocenters. The monoisotopic (exact) mass is 471 g/mol. The first-order chi connectivity index (χ1) is 16.9. The number of amides is 1. The summed E-state index contributed by atoms with van der Waals surface area (Å²) in [5.41, 5.74) is 2.80. The van der Waals surface area contributed by atoms with E-state index in [1.165, 1.54) is 0 Å². The Morgan fingerprint density at radius 2 is 2.00 bits per heavy atom. The molecule has 9 heteroatoms. The molecule has 3 heterocycles. The average Bonchev–Trinajstić information content (AvgIpc) is 3.38. The molecule has 1 aliphatic carbocycles. The lowest BCUT2D eigenvalue weighted by Crippen LogP contribution is -2.41. The van der Waals surface area contributed by atoms with Crippen molar-refractivity contribution in [1.82, 2.24) is 24.3 Å². The van der Waals surface area contributed by atoms with Gasteiger partial charge >= 0.3 is 0 Å². The number of anilines is 2. The van der Waals surface area contributed by atoms with E-state index in [0.717, 1.165) is 50.8 Å². The second-order valence-electron chi connectivity index (χ2n) is 9.60. The molecule has 2 aromatic heterocycles. The van der Waals surface area contributed by atoms with Gasteiger partial charge in [0.15, 0.2) is 0 Å². The maximum Gasteiger partial charge on any atom is 0.270 e. The number of carbonyl (C=O) groups excluding carboxylic acids is 1. The predicted molar refractivity (Wildman–Crippen MR) is 134 cm³/mol. The molecule has 0 radical (unpaired) electrons. The van der Waals surface area contributed by atoms with Crippen LogP contribution in [0.5, 0.6) is 0 Å². The number of nitriles is 1. The summed E-state index contributed by atoms with van der Waals surface area (Å²) in [7, 11) is 4.00. The summed E-state index contributed by atoms with van der Waals surface area (Å²) >= 11 is 0. The van der Waals surface area contributed by atoms with Gasteiger partial charge in [-0.15, -0.1) is 0 Å². The Bertz CT molecular complexity index is 1380. The van der Waals surface area contributed by atoms with E-state index in [-0.39, 0.29) is 23.1 Å². The predicted octanol–water partition coefficient (Wildman–Crippen LogP) is 3.08. The summed E-state index contributed by atoms with van der Waals surface area (Å²) in [4.78, 5) is 39.2. The van der Waals surface area contributed by atoms with Gasteiger partial charge in [-0.25, -0.2) is 4.98 Å². The minimum Gasteiger partial charge on any atom is -0.337 e. The van der Waals surface area contributed by atoms with Gasteiger partial charge in [0.05, 0.1) is 0 Å². The van der Waals surface area contributed by atoms with E-state index in [1.54, 1.807) is 16.8 Å².